The molecule has 9 heteroatoms. The third-order valence-electron chi connectivity index (χ3n) is 6.13. The zero-order valence-electron chi connectivity index (χ0n) is 22.0. The van der Waals surface area contributed by atoms with Crippen LogP contribution in [0.2, 0.25) is 0 Å². The molecular formula is C27H40BrF6NO. The van der Waals surface area contributed by atoms with Gasteiger partial charge in [0.2, 0.25) is 0 Å². The summed E-state index contributed by atoms with van der Waals surface area (Å²) < 4.78 is 74.7. The quantitative estimate of drug-likeness (QED) is 0.246. The van der Waals surface area contributed by atoms with Crippen LogP contribution in [-0.4, -0.2) is 24.0 Å². The number of hydrogen-bond acceptors (Lipinski definition) is 2. The van der Waals surface area contributed by atoms with Crippen LogP contribution in [-0.2, 0) is 12.4 Å². The van der Waals surface area contributed by atoms with Crippen molar-refractivity contribution in [3.05, 3.63) is 58.2 Å². The van der Waals surface area contributed by atoms with Crippen molar-refractivity contribution in [1.29, 1.82) is 0 Å². The lowest BCUT2D eigenvalue weighted by molar-refractivity contribution is -0.143. The average Bonchev–Trinajstić information content (AvgIpc) is 2.83. The second-order valence-corrected chi connectivity index (χ2v) is 9.47. The van der Waals surface area contributed by atoms with Gasteiger partial charge in [-0.25, -0.2) is 0 Å². The van der Waals surface area contributed by atoms with E-state index in [0.29, 0.717) is 17.5 Å². The molecule has 0 amide bonds. The highest BCUT2D eigenvalue weighted by Crippen LogP contribution is 2.41. The monoisotopic (exact) mass is 587 g/mol. The number of benzene rings is 1. The Hall–Kier alpha value is -1.32. The number of aliphatic hydroxyl groups is 1. The summed E-state index contributed by atoms with van der Waals surface area (Å²) in [6.07, 6.45) is -1.47. The molecule has 1 aliphatic rings. The summed E-state index contributed by atoms with van der Waals surface area (Å²) in [4.78, 5) is 0. The van der Waals surface area contributed by atoms with Gasteiger partial charge < -0.3 is 10.4 Å². The van der Waals surface area contributed by atoms with Crippen molar-refractivity contribution in [2.45, 2.75) is 85.2 Å². The molecule has 0 aromatic heterocycles. The first kappa shape index (κ1) is 34.7. The maximum Gasteiger partial charge on any atom is 0.416 e. The largest absolute Gasteiger partial charge is 0.416 e. The Morgan fingerprint density at radius 2 is 1.58 bits per heavy atom. The fraction of sp³-hybridized carbons (Fsp3) is 0.630. The van der Waals surface area contributed by atoms with Crippen molar-refractivity contribution in [2.75, 3.05) is 18.9 Å². The second-order valence-electron chi connectivity index (χ2n) is 8.82. The smallest absolute Gasteiger partial charge is 0.388 e. The van der Waals surface area contributed by atoms with Gasteiger partial charge in [-0.1, -0.05) is 74.7 Å². The maximum absolute atomic E-state index is 12.5. The van der Waals surface area contributed by atoms with Crippen LogP contribution in [0, 0.1) is 5.41 Å². The van der Waals surface area contributed by atoms with Crippen molar-refractivity contribution in [3.63, 3.8) is 0 Å². The molecule has 0 aliphatic heterocycles. The number of likely N-dealkylation sites (N-methyl/N-ethyl adjacent to an activating group) is 1. The Balaban J connectivity index is 0.000000640. The lowest BCUT2D eigenvalue weighted by atomic mass is 9.71. The Labute approximate surface area is 220 Å². The molecule has 208 valence electrons. The topological polar surface area (TPSA) is 32.3 Å². The van der Waals surface area contributed by atoms with Crippen molar-refractivity contribution in [3.8, 4) is 0 Å². The molecule has 1 aromatic rings. The van der Waals surface area contributed by atoms with Gasteiger partial charge in [0.25, 0.3) is 0 Å². The summed E-state index contributed by atoms with van der Waals surface area (Å²) in [6, 6.07) is 1.10. The average molecular weight is 589 g/mol. The molecule has 1 aliphatic carbocycles. The summed E-state index contributed by atoms with van der Waals surface area (Å²) in [5.41, 5.74) is 0.465. The molecule has 2 nitrogen and oxygen atoms in total. The first-order chi connectivity index (χ1) is 16.7. The van der Waals surface area contributed by atoms with Gasteiger partial charge in [0.1, 0.15) is 0 Å². The van der Waals surface area contributed by atoms with Crippen LogP contribution in [0.3, 0.4) is 0 Å². The van der Waals surface area contributed by atoms with Gasteiger partial charge in [-0.15, -0.1) is 0 Å². The lowest BCUT2D eigenvalue weighted by Crippen LogP contribution is -2.25. The summed E-state index contributed by atoms with van der Waals surface area (Å²) in [5.74, 6) is 0. The van der Waals surface area contributed by atoms with Crippen LogP contribution < -0.4 is 5.32 Å². The molecule has 0 spiro atoms. The Kier molecular flexibility index (Phi) is 15.2. The first-order valence-corrected chi connectivity index (χ1v) is 13.4. The van der Waals surface area contributed by atoms with Gasteiger partial charge in [0.05, 0.1) is 17.2 Å². The van der Waals surface area contributed by atoms with Crippen LogP contribution in [0.25, 0.3) is 0 Å². The molecule has 2 N–H and O–H groups in total. The van der Waals surface area contributed by atoms with Gasteiger partial charge in [0, 0.05) is 11.9 Å². The van der Waals surface area contributed by atoms with Gasteiger partial charge in [-0.2, -0.15) is 26.3 Å². The van der Waals surface area contributed by atoms with Crippen molar-refractivity contribution in [1.82, 2.24) is 5.32 Å². The minimum atomic E-state index is -4.89. The Morgan fingerprint density at radius 3 is 1.97 bits per heavy atom. The summed E-state index contributed by atoms with van der Waals surface area (Å²) in [6.45, 7) is 11.2. The number of nitrogens with one attached hydrogen (secondary N) is 1. The van der Waals surface area contributed by atoms with Gasteiger partial charge in [-0.3, -0.25) is 0 Å². The third-order valence-corrected chi connectivity index (χ3v) is 6.50. The van der Waals surface area contributed by atoms with Gasteiger partial charge in [0.15, 0.2) is 0 Å². The number of aliphatic hydroxyl groups excluding tert-OH is 1. The van der Waals surface area contributed by atoms with E-state index >= 15 is 0 Å². The number of alkyl halides is 7. The third kappa shape index (κ3) is 11.4. The van der Waals surface area contributed by atoms with Crippen molar-refractivity contribution < 1.29 is 31.4 Å². The molecule has 0 fully saturated rings. The second kappa shape index (κ2) is 15.8. The molecule has 2 atom stereocenters. The van der Waals surface area contributed by atoms with E-state index in [4.69, 9.17) is 0 Å². The normalized spacial score (nSPS) is 19.4. The Morgan fingerprint density at radius 1 is 1.06 bits per heavy atom. The SMILES string of the molecule is CC.CCC(O)c1cc(C(F)(F)F)cc(C(F)(F)F)c1.CCC1(C)CCC(/C=C/CBr)=C(CNC)C1. The maximum atomic E-state index is 12.5. The Bertz CT molecular complexity index is 815. The highest BCUT2D eigenvalue weighted by Gasteiger charge is 2.37. The van der Waals surface area contributed by atoms with Crippen LogP contribution in [0.1, 0.15) is 89.5 Å². The minimum Gasteiger partial charge on any atom is -0.388 e. The van der Waals surface area contributed by atoms with Crippen molar-refractivity contribution in [2.24, 2.45) is 5.41 Å². The van der Waals surface area contributed by atoms with Crippen LogP contribution in [0.5, 0.6) is 0 Å². The van der Waals surface area contributed by atoms with E-state index in [-0.39, 0.29) is 18.1 Å². The lowest BCUT2D eigenvalue weighted by Gasteiger charge is -2.35. The number of allylic oxidation sites excluding steroid dienone is 3. The fourth-order valence-electron chi connectivity index (χ4n) is 3.82. The zero-order chi connectivity index (χ0) is 28.2. The van der Waals surface area contributed by atoms with Gasteiger partial charge in [-0.05, 0) is 67.5 Å². The highest BCUT2D eigenvalue weighted by atomic mass is 79.9. The highest BCUT2D eigenvalue weighted by molar-refractivity contribution is 9.09. The van der Waals surface area contributed by atoms with E-state index in [9.17, 15) is 31.4 Å². The number of hydrogen-bond donors (Lipinski definition) is 2. The standard InChI is InChI=1S/C14H24BrN.C11H10F6O.C2H6/c1-4-14(2)8-7-12(6-5-9-15)13(10-14)11-16-3;1-2-9(18)6-3-7(10(12,13)14)5-8(4-6)11(15,16)17;1-2/h5-6,16H,4,7-11H2,1-3H3;3-5,9,18H,2H2,1H3;1-2H3/b6-5+;;. The minimum absolute atomic E-state index is 0.0264. The molecule has 0 bridgehead atoms. The van der Waals surface area contributed by atoms with Crippen LogP contribution in [0.15, 0.2) is 41.5 Å². The number of rotatable bonds is 7. The molecule has 0 heterocycles. The van der Waals surface area contributed by atoms with E-state index < -0.39 is 29.6 Å². The van der Waals surface area contributed by atoms with E-state index in [1.54, 1.807) is 11.1 Å². The summed E-state index contributed by atoms with van der Waals surface area (Å²) in [5, 5.41) is 13.6. The predicted octanol–water partition coefficient (Wildman–Crippen LogP) is 9.25. The molecule has 0 saturated carbocycles. The van der Waals surface area contributed by atoms with E-state index in [1.165, 1.54) is 32.6 Å². The molecule has 2 rings (SSSR count). The van der Waals surface area contributed by atoms with E-state index in [2.05, 4.69) is 47.2 Å². The summed E-state index contributed by atoms with van der Waals surface area (Å²) in [7, 11) is 2.04. The predicted molar refractivity (Wildman–Crippen MR) is 139 cm³/mol. The van der Waals surface area contributed by atoms with Crippen molar-refractivity contribution >= 4 is 15.9 Å². The van der Waals surface area contributed by atoms with E-state index in [0.717, 1.165) is 11.9 Å². The van der Waals surface area contributed by atoms with Crippen LogP contribution >= 0.6 is 15.9 Å². The summed E-state index contributed by atoms with van der Waals surface area (Å²) >= 11 is 3.45. The van der Waals surface area contributed by atoms with Gasteiger partial charge >= 0.3 is 12.4 Å². The molecule has 0 saturated heterocycles. The van der Waals surface area contributed by atoms with Crippen LogP contribution in [0.4, 0.5) is 26.3 Å². The molecular weight excluding hydrogens is 548 g/mol. The number of halogens is 7. The molecule has 1 aromatic carbocycles. The fourth-order valence-corrected chi connectivity index (χ4v) is 4.00. The first-order valence-electron chi connectivity index (χ1n) is 12.3. The molecule has 0 radical (unpaired) electrons. The zero-order valence-corrected chi connectivity index (χ0v) is 23.6. The molecule has 36 heavy (non-hydrogen) atoms. The van der Waals surface area contributed by atoms with E-state index in [1.807, 2.05) is 20.9 Å². The molecule has 2 unspecified atom stereocenters.